The van der Waals surface area contributed by atoms with Crippen LogP contribution in [0.4, 0.5) is 11.5 Å². The Balaban J connectivity index is 1.43. The molecular weight excluding hydrogens is 408 g/mol. The topological polar surface area (TPSA) is 74.3 Å². The van der Waals surface area contributed by atoms with Crippen molar-refractivity contribution in [2.75, 3.05) is 30.3 Å². The lowest BCUT2D eigenvalue weighted by Crippen LogP contribution is -2.41. The molecule has 0 spiro atoms. The number of carbonyl (C=O) groups is 2. The fourth-order valence-electron chi connectivity index (χ4n) is 3.16. The molecule has 2 aromatic rings. The van der Waals surface area contributed by atoms with Crippen LogP contribution in [0, 0.1) is 12.8 Å². The minimum Gasteiger partial charge on any atom is -0.325 e. The minimum atomic E-state index is -0.0495. The number of carbonyl (C=O) groups excluding carboxylic acids is 2. The first-order chi connectivity index (χ1) is 13.0. The summed E-state index contributed by atoms with van der Waals surface area (Å²) in [5.74, 6) is 0.478. The number of nitrogens with zero attached hydrogens (tertiary/aromatic N) is 2. The van der Waals surface area contributed by atoms with Crippen molar-refractivity contribution in [1.82, 2.24) is 9.88 Å². The molecule has 142 valence electrons. The van der Waals surface area contributed by atoms with Crippen LogP contribution in [0.25, 0.3) is 0 Å². The number of pyridine rings is 1. The van der Waals surface area contributed by atoms with Gasteiger partial charge >= 0.3 is 0 Å². The second-order valence-electron chi connectivity index (χ2n) is 6.82. The van der Waals surface area contributed by atoms with Crippen LogP contribution in [0.3, 0.4) is 0 Å². The van der Waals surface area contributed by atoms with E-state index in [1.54, 1.807) is 12.3 Å². The molecule has 1 aliphatic rings. The molecule has 2 amide bonds. The predicted molar refractivity (Wildman–Crippen MR) is 110 cm³/mol. The van der Waals surface area contributed by atoms with Gasteiger partial charge in [0, 0.05) is 22.3 Å². The van der Waals surface area contributed by atoms with E-state index in [1.807, 2.05) is 37.3 Å². The SMILES string of the molecule is Cc1cccc(NC(=O)CN2CCC(C(=O)Nc3ccc(Br)cn3)CC2)c1. The number of benzene rings is 1. The first-order valence-electron chi connectivity index (χ1n) is 9.01. The summed E-state index contributed by atoms with van der Waals surface area (Å²) in [6.07, 6.45) is 3.13. The van der Waals surface area contributed by atoms with E-state index in [9.17, 15) is 9.59 Å². The zero-order chi connectivity index (χ0) is 19.2. The van der Waals surface area contributed by atoms with E-state index < -0.39 is 0 Å². The highest BCUT2D eigenvalue weighted by Gasteiger charge is 2.26. The maximum atomic E-state index is 12.4. The molecule has 2 heterocycles. The van der Waals surface area contributed by atoms with Crippen molar-refractivity contribution >= 4 is 39.2 Å². The highest BCUT2D eigenvalue weighted by atomic mass is 79.9. The molecule has 0 bridgehead atoms. The number of piperidine rings is 1. The number of rotatable bonds is 5. The van der Waals surface area contributed by atoms with Gasteiger partial charge in [-0.3, -0.25) is 14.5 Å². The third-order valence-corrected chi connectivity index (χ3v) is 5.08. The summed E-state index contributed by atoms with van der Waals surface area (Å²) in [5, 5.41) is 5.79. The van der Waals surface area contributed by atoms with Gasteiger partial charge in [-0.15, -0.1) is 0 Å². The molecule has 0 radical (unpaired) electrons. The quantitative estimate of drug-likeness (QED) is 0.761. The van der Waals surface area contributed by atoms with Gasteiger partial charge in [0.2, 0.25) is 11.8 Å². The molecule has 0 unspecified atom stereocenters. The number of nitrogens with one attached hydrogen (secondary N) is 2. The molecule has 1 aromatic heterocycles. The summed E-state index contributed by atoms with van der Waals surface area (Å²) >= 11 is 3.33. The lowest BCUT2D eigenvalue weighted by Gasteiger charge is -2.30. The third-order valence-electron chi connectivity index (χ3n) is 4.61. The predicted octanol–water partition coefficient (Wildman–Crippen LogP) is 3.44. The lowest BCUT2D eigenvalue weighted by atomic mass is 9.96. The molecular formula is C20H23BrN4O2. The zero-order valence-corrected chi connectivity index (χ0v) is 16.8. The van der Waals surface area contributed by atoms with Crippen molar-refractivity contribution in [3.05, 3.63) is 52.6 Å². The summed E-state index contributed by atoms with van der Waals surface area (Å²) in [7, 11) is 0. The Morgan fingerprint density at radius 1 is 1.19 bits per heavy atom. The maximum absolute atomic E-state index is 12.4. The van der Waals surface area contributed by atoms with Crippen LogP contribution in [0.1, 0.15) is 18.4 Å². The number of hydrogen-bond acceptors (Lipinski definition) is 4. The summed E-state index contributed by atoms with van der Waals surface area (Å²) < 4.78 is 0.873. The van der Waals surface area contributed by atoms with Crippen LogP contribution in [0.5, 0.6) is 0 Å². The van der Waals surface area contributed by atoms with Gasteiger partial charge in [0.05, 0.1) is 6.54 Å². The summed E-state index contributed by atoms with van der Waals surface area (Å²) in [4.78, 5) is 30.9. The second-order valence-corrected chi connectivity index (χ2v) is 7.73. The monoisotopic (exact) mass is 430 g/mol. The molecule has 0 atom stereocenters. The highest BCUT2D eigenvalue weighted by Crippen LogP contribution is 2.20. The molecule has 2 N–H and O–H groups in total. The van der Waals surface area contributed by atoms with Crippen molar-refractivity contribution in [3.63, 3.8) is 0 Å². The Bertz CT molecular complexity index is 802. The van der Waals surface area contributed by atoms with Crippen LogP contribution < -0.4 is 10.6 Å². The Morgan fingerprint density at radius 3 is 2.63 bits per heavy atom. The molecule has 27 heavy (non-hydrogen) atoms. The fourth-order valence-corrected chi connectivity index (χ4v) is 3.39. The minimum absolute atomic E-state index is 0.00585. The molecule has 1 aromatic carbocycles. The smallest absolute Gasteiger partial charge is 0.238 e. The number of aryl methyl sites for hydroxylation is 1. The molecule has 1 saturated heterocycles. The molecule has 0 saturated carbocycles. The average molecular weight is 431 g/mol. The van der Waals surface area contributed by atoms with E-state index >= 15 is 0 Å². The lowest BCUT2D eigenvalue weighted by molar-refractivity contribution is -0.121. The van der Waals surface area contributed by atoms with Gasteiger partial charge in [0.1, 0.15) is 5.82 Å². The van der Waals surface area contributed by atoms with Gasteiger partial charge in [-0.1, -0.05) is 12.1 Å². The summed E-state index contributed by atoms with van der Waals surface area (Å²) in [5.41, 5.74) is 1.93. The van der Waals surface area contributed by atoms with Crippen LogP contribution in [0.15, 0.2) is 47.1 Å². The number of anilines is 2. The molecule has 1 aliphatic heterocycles. The number of hydrogen-bond donors (Lipinski definition) is 2. The number of amides is 2. The van der Waals surface area contributed by atoms with E-state index in [0.717, 1.165) is 41.7 Å². The number of halogens is 1. The largest absolute Gasteiger partial charge is 0.325 e. The van der Waals surface area contributed by atoms with Gasteiger partial charge in [-0.25, -0.2) is 4.98 Å². The van der Waals surface area contributed by atoms with Crippen LogP contribution in [-0.2, 0) is 9.59 Å². The van der Waals surface area contributed by atoms with Gasteiger partial charge < -0.3 is 10.6 Å². The summed E-state index contributed by atoms with van der Waals surface area (Å²) in [6.45, 7) is 3.80. The Hall–Kier alpha value is -2.25. The first kappa shape index (κ1) is 19.5. The van der Waals surface area contributed by atoms with E-state index in [4.69, 9.17) is 0 Å². The molecule has 7 heteroatoms. The number of likely N-dealkylation sites (tertiary alicyclic amines) is 1. The normalized spacial score (nSPS) is 15.3. The van der Waals surface area contributed by atoms with E-state index in [0.29, 0.717) is 12.4 Å². The van der Waals surface area contributed by atoms with Crippen molar-refractivity contribution in [2.24, 2.45) is 5.92 Å². The Kier molecular flexibility index (Phi) is 6.58. The van der Waals surface area contributed by atoms with Crippen LogP contribution in [-0.4, -0.2) is 41.3 Å². The van der Waals surface area contributed by atoms with Crippen molar-refractivity contribution in [1.29, 1.82) is 0 Å². The van der Waals surface area contributed by atoms with Crippen molar-refractivity contribution in [3.8, 4) is 0 Å². The van der Waals surface area contributed by atoms with E-state index in [-0.39, 0.29) is 17.7 Å². The molecule has 1 fully saturated rings. The average Bonchev–Trinajstić information content (AvgIpc) is 2.64. The van der Waals surface area contributed by atoms with E-state index in [2.05, 4.69) is 36.4 Å². The highest BCUT2D eigenvalue weighted by molar-refractivity contribution is 9.10. The third kappa shape index (κ3) is 5.87. The Morgan fingerprint density at radius 2 is 1.96 bits per heavy atom. The van der Waals surface area contributed by atoms with Crippen LogP contribution >= 0.6 is 15.9 Å². The second kappa shape index (κ2) is 9.10. The first-order valence-corrected chi connectivity index (χ1v) is 9.80. The standard InChI is InChI=1S/C20H23BrN4O2/c1-14-3-2-4-17(11-14)23-19(26)13-25-9-7-15(8-10-25)20(27)24-18-6-5-16(21)12-22-18/h2-6,11-12,15H,7-10,13H2,1H3,(H,23,26)(H,22,24,27). The molecule has 6 nitrogen and oxygen atoms in total. The van der Waals surface area contributed by atoms with Gasteiger partial charge in [0.15, 0.2) is 0 Å². The Labute approximate surface area is 167 Å². The van der Waals surface area contributed by atoms with Gasteiger partial charge in [-0.2, -0.15) is 0 Å². The van der Waals surface area contributed by atoms with E-state index in [1.165, 1.54) is 0 Å². The number of aromatic nitrogens is 1. The van der Waals surface area contributed by atoms with Crippen molar-refractivity contribution < 1.29 is 9.59 Å². The molecule has 3 rings (SSSR count). The van der Waals surface area contributed by atoms with Gasteiger partial charge in [-0.05, 0) is 78.6 Å². The van der Waals surface area contributed by atoms with Crippen molar-refractivity contribution in [2.45, 2.75) is 19.8 Å². The maximum Gasteiger partial charge on any atom is 0.238 e. The molecule has 0 aliphatic carbocycles. The van der Waals surface area contributed by atoms with Gasteiger partial charge in [0.25, 0.3) is 0 Å². The fraction of sp³-hybridized carbons (Fsp3) is 0.350. The zero-order valence-electron chi connectivity index (χ0n) is 15.2. The van der Waals surface area contributed by atoms with Crippen LogP contribution in [0.2, 0.25) is 0 Å². The summed E-state index contributed by atoms with van der Waals surface area (Å²) in [6, 6.07) is 11.4.